The van der Waals surface area contributed by atoms with E-state index in [9.17, 15) is 4.79 Å². The molecule has 1 N–H and O–H groups in total. The molecule has 1 aromatic heterocycles. The van der Waals surface area contributed by atoms with Crippen LogP contribution >= 0.6 is 11.6 Å². The highest BCUT2D eigenvalue weighted by Crippen LogP contribution is 2.25. The summed E-state index contributed by atoms with van der Waals surface area (Å²) in [6.45, 7) is 0.938. The van der Waals surface area contributed by atoms with Crippen LogP contribution in [0.15, 0.2) is 48.7 Å². The number of hydrogen-bond acceptors (Lipinski definition) is 3. The zero-order valence-electron chi connectivity index (χ0n) is 16.5. The van der Waals surface area contributed by atoms with E-state index >= 15 is 0 Å². The van der Waals surface area contributed by atoms with Gasteiger partial charge in [-0.1, -0.05) is 62.6 Å². The lowest BCUT2D eigenvalue weighted by atomic mass is 10.1. The monoisotopic (exact) mass is 402 g/mol. The Hall–Kier alpha value is -2.07. The second-order valence-electron chi connectivity index (χ2n) is 7.14. The standard InChI is InChI=1S/C23H31ClN2O2/c24-20-14-16-21(17-15-20)26(22-12-9-10-18-25-22)19-11-7-5-3-1-2-4-6-8-13-23(27)28/h9-10,12,14-18H,1-8,11,13,19H2,(H,27,28). The van der Waals surface area contributed by atoms with Gasteiger partial charge in [-0.05, 0) is 49.2 Å². The molecule has 0 saturated heterocycles. The predicted octanol–water partition coefficient (Wildman–Crippen LogP) is 6.86. The average Bonchev–Trinajstić information content (AvgIpc) is 2.70. The highest BCUT2D eigenvalue weighted by molar-refractivity contribution is 6.30. The van der Waals surface area contributed by atoms with Crippen LogP contribution in [0.3, 0.4) is 0 Å². The van der Waals surface area contributed by atoms with E-state index in [-0.39, 0.29) is 0 Å². The van der Waals surface area contributed by atoms with E-state index in [0.29, 0.717) is 6.42 Å². The first-order valence-electron chi connectivity index (χ1n) is 10.3. The summed E-state index contributed by atoms with van der Waals surface area (Å²) >= 11 is 6.03. The molecule has 2 aromatic rings. The molecule has 0 saturated carbocycles. The van der Waals surface area contributed by atoms with Gasteiger partial charge >= 0.3 is 5.97 Å². The number of carbonyl (C=O) groups is 1. The topological polar surface area (TPSA) is 53.4 Å². The second-order valence-corrected chi connectivity index (χ2v) is 7.58. The van der Waals surface area contributed by atoms with Crippen molar-refractivity contribution in [2.45, 2.75) is 64.2 Å². The van der Waals surface area contributed by atoms with Crippen LogP contribution in [-0.4, -0.2) is 22.6 Å². The number of halogens is 1. The minimum absolute atomic E-state index is 0.306. The van der Waals surface area contributed by atoms with Gasteiger partial charge in [0.15, 0.2) is 0 Å². The molecular weight excluding hydrogens is 372 g/mol. The van der Waals surface area contributed by atoms with Crippen LogP contribution in [0.4, 0.5) is 11.5 Å². The van der Waals surface area contributed by atoms with Gasteiger partial charge in [-0.15, -0.1) is 0 Å². The molecule has 0 aliphatic heterocycles. The number of anilines is 2. The van der Waals surface area contributed by atoms with Gasteiger partial charge in [0.2, 0.25) is 0 Å². The van der Waals surface area contributed by atoms with Crippen LogP contribution in [0.5, 0.6) is 0 Å². The van der Waals surface area contributed by atoms with E-state index in [1.54, 1.807) is 0 Å². The van der Waals surface area contributed by atoms with Crippen LogP contribution in [-0.2, 0) is 4.79 Å². The van der Waals surface area contributed by atoms with Crippen LogP contribution in [0, 0.1) is 0 Å². The zero-order chi connectivity index (χ0) is 20.0. The van der Waals surface area contributed by atoms with E-state index in [2.05, 4.69) is 9.88 Å². The lowest BCUT2D eigenvalue weighted by Crippen LogP contribution is -2.19. The number of aliphatic carboxylic acids is 1. The van der Waals surface area contributed by atoms with Gasteiger partial charge in [0.25, 0.3) is 0 Å². The molecule has 0 fully saturated rings. The van der Waals surface area contributed by atoms with Gasteiger partial charge in [0, 0.05) is 29.9 Å². The quantitative estimate of drug-likeness (QED) is 0.350. The molecule has 1 heterocycles. The van der Waals surface area contributed by atoms with Crippen molar-refractivity contribution in [3.8, 4) is 0 Å². The van der Waals surface area contributed by atoms with Crippen LogP contribution in [0.25, 0.3) is 0 Å². The van der Waals surface area contributed by atoms with E-state index in [4.69, 9.17) is 16.7 Å². The van der Waals surface area contributed by atoms with Crippen molar-refractivity contribution >= 4 is 29.1 Å². The molecule has 0 aliphatic rings. The summed E-state index contributed by atoms with van der Waals surface area (Å²) < 4.78 is 0. The maximum atomic E-state index is 10.5. The Labute approximate surface area is 173 Å². The van der Waals surface area contributed by atoms with Crippen molar-refractivity contribution in [1.29, 1.82) is 0 Å². The molecule has 2 rings (SSSR count). The first-order valence-corrected chi connectivity index (χ1v) is 10.7. The summed E-state index contributed by atoms with van der Waals surface area (Å²) in [5.41, 5.74) is 1.12. The number of benzene rings is 1. The lowest BCUT2D eigenvalue weighted by molar-refractivity contribution is -0.137. The third kappa shape index (κ3) is 8.75. The third-order valence-electron chi connectivity index (χ3n) is 4.84. The summed E-state index contributed by atoms with van der Waals surface area (Å²) in [4.78, 5) is 17.2. The molecule has 1 aromatic carbocycles. The Balaban J connectivity index is 1.66. The van der Waals surface area contributed by atoms with Gasteiger partial charge in [0.1, 0.15) is 5.82 Å². The second kappa shape index (κ2) is 13.2. The molecule has 0 amide bonds. The summed E-state index contributed by atoms with van der Waals surface area (Å²) in [6.07, 6.45) is 12.4. The van der Waals surface area contributed by atoms with Crippen molar-refractivity contribution in [3.05, 3.63) is 53.7 Å². The van der Waals surface area contributed by atoms with Crippen molar-refractivity contribution in [2.75, 3.05) is 11.4 Å². The lowest BCUT2D eigenvalue weighted by Gasteiger charge is -2.24. The van der Waals surface area contributed by atoms with Crippen molar-refractivity contribution in [1.82, 2.24) is 4.98 Å². The largest absolute Gasteiger partial charge is 0.481 e. The molecule has 5 heteroatoms. The molecular formula is C23H31ClN2O2. The van der Waals surface area contributed by atoms with Crippen molar-refractivity contribution in [2.24, 2.45) is 0 Å². The average molecular weight is 403 g/mol. The molecule has 0 bridgehead atoms. The molecule has 0 aliphatic carbocycles. The first-order chi connectivity index (χ1) is 13.7. The molecule has 28 heavy (non-hydrogen) atoms. The fourth-order valence-corrected chi connectivity index (χ4v) is 3.42. The molecule has 0 spiro atoms. The smallest absolute Gasteiger partial charge is 0.303 e. The Morgan fingerprint density at radius 1 is 0.857 bits per heavy atom. The number of rotatable bonds is 14. The van der Waals surface area contributed by atoms with E-state index in [0.717, 1.165) is 48.8 Å². The van der Waals surface area contributed by atoms with Gasteiger partial charge in [-0.3, -0.25) is 4.79 Å². The maximum Gasteiger partial charge on any atom is 0.303 e. The Kier molecular flexibility index (Phi) is 10.4. The van der Waals surface area contributed by atoms with Crippen LogP contribution in [0.1, 0.15) is 64.2 Å². The SMILES string of the molecule is O=C(O)CCCCCCCCCCCN(c1ccc(Cl)cc1)c1ccccn1. The van der Waals surface area contributed by atoms with Crippen LogP contribution < -0.4 is 4.90 Å². The fraction of sp³-hybridized carbons (Fsp3) is 0.478. The van der Waals surface area contributed by atoms with Crippen molar-refractivity contribution < 1.29 is 9.90 Å². The van der Waals surface area contributed by atoms with Crippen LogP contribution in [0.2, 0.25) is 5.02 Å². The summed E-state index contributed by atoms with van der Waals surface area (Å²) in [7, 11) is 0. The van der Waals surface area contributed by atoms with Gasteiger partial charge in [-0.25, -0.2) is 4.98 Å². The molecule has 0 radical (unpaired) electrons. The minimum Gasteiger partial charge on any atom is -0.481 e. The third-order valence-corrected chi connectivity index (χ3v) is 5.09. The Bertz CT molecular complexity index is 677. The number of carboxylic acids is 1. The Morgan fingerprint density at radius 3 is 2.04 bits per heavy atom. The highest BCUT2D eigenvalue weighted by Gasteiger charge is 2.10. The zero-order valence-corrected chi connectivity index (χ0v) is 17.3. The first kappa shape index (κ1) is 22.2. The molecule has 4 nitrogen and oxygen atoms in total. The van der Waals surface area contributed by atoms with E-state index in [1.165, 1.54) is 32.1 Å². The van der Waals surface area contributed by atoms with Crippen molar-refractivity contribution in [3.63, 3.8) is 0 Å². The Morgan fingerprint density at radius 2 is 1.46 bits per heavy atom. The predicted molar refractivity (Wildman–Crippen MR) is 117 cm³/mol. The maximum absolute atomic E-state index is 10.5. The number of hydrogen-bond donors (Lipinski definition) is 1. The van der Waals surface area contributed by atoms with E-state index < -0.39 is 5.97 Å². The number of unbranched alkanes of at least 4 members (excludes halogenated alkanes) is 8. The number of carboxylic acid groups (broad SMARTS) is 1. The molecule has 0 unspecified atom stereocenters. The highest BCUT2D eigenvalue weighted by atomic mass is 35.5. The fourth-order valence-electron chi connectivity index (χ4n) is 3.29. The van der Waals surface area contributed by atoms with E-state index in [1.807, 2.05) is 48.7 Å². The molecule has 152 valence electrons. The van der Waals surface area contributed by atoms with Gasteiger partial charge in [0.05, 0.1) is 0 Å². The normalized spacial score (nSPS) is 10.8. The summed E-state index contributed by atoms with van der Waals surface area (Å²) in [5, 5.41) is 9.36. The van der Waals surface area contributed by atoms with Gasteiger partial charge in [-0.2, -0.15) is 0 Å². The summed E-state index contributed by atoms with van der Waals surface area (Å²) in [6, 6.07) is 13.9. The van der Waals surface area contributed by atoms with Gasteiger partial charge < -0.3 is 10.0 Å². The number of pyridine rings is 1. The summed E-state index contributed by atoms with van der Waals surface area (Å²) in [5.74, 6) is 0.282. The number of nitrogens with zero attached hydrogens (tertiary/aromatic N) is 2. The minimum atomic E-state index is -0.682. The number of aromatic nitrogens is 1. The molecule has 0 atom stereocenters.